The second-order valence-corrected chi connectivity index (χ2v) is 9.11. The van der Waals surface area contributed by atoms with E-state index in [0.717, 1.165) is 19.3 Å². The molecule has 2 saturated carbocycles. The molecule has 0 aromatic rings. The molecule has 0 unspecified atom stereocenters. The standard InChI is InChI=1S/C19H34O2/c1-7-17(4,20)13-15-18(5)11-8-10-16(2,3)14(18)9-12-19(15,6)21/h7,14-15,20-21H,1,8-13H2,2-6H3/t14-,15+,17-,18-,19+/m1/s1. The molecule has 2 N–H and O–H groups in total. The summed E-state index contributed by atoms with van der Waals surface area (Å²) < 4.78 is 0. The molecule has 2 fully saturated rings. The van der Waals surface area contributed by atoms with Crippen molar-refractivity contribution in [3.05, 3.63) is 12.7 Å². The number of hydrogen-bond acceptors (Lipinski definition) is 2. The van der Waals surface area contributed by atoms with Gasteiger partial charge < -0.3 is 10.2 Å². The highest BCUT2D eigenvalue weighted by molar-refractivity contribution is 5.10. The molecule has 0 saturated heterocycles. The minimum Gasteiger partial charge on any atom is -0.390 e. The van der Waals surface area contributed by atoms with Gasteiger partial charge >= 0.3 is 0 Å². The van der Waals surface area contributed by atoms with E-state index >= 15 is 0 Å². The van der Waals surface area contributed by atoms with Gasteiger partial charge in [0.25, 0.3) is 0 Å². The highest BCUT2D eigenvalue weighted by atomic mass is 16.3. The molecule has 2 nitrogen and oxygen atoms in total. The minimum absolute atomic E-state index is 0.108. The third-order valence-electron chi connectivity index (χ3n) is 6.82. The van der Waals surface area contributed by atoms with E-state index in [1.165, 1.54) is 12.8 Å². The maximum absolute atomic E-state index is 11.0. The molecule has 21 heavy (non-hydrogen) atoms. The van der Waals surface area contributed by atoms with E-state index in [2.05, 4.69) is 27.4 Å². The van der Waals surface area contributed by atoms with E-state index in [0.29, 0.717) is 17.8 Å². The number of aliphatic hydroxyl groups is 2. The highest BCUT2D eigenvalue weighted by Crippen LogP contribution is 2.63. The van der Waals surface area contributed by atoms with Gasteiger partial charge in [-0.3, -0.25) is 0 Å². The van der Waals surface area contributed by atoms with Crippen molar-refractivity contribution in [2.24, 2.45) is 22.7 Å². The van der Waals surface area contributed by atoms with Crippen LogP contribution in [0.3, 0.4) is 0 Å². The van der Waals surface area contributed by atoms with Crippen molar-refractivity contribution in [2.45, 2.75) is 84.3 Å². The maximum atomic E-state index is 11.0. The van der Waals surface area contributed by atoms with Crippen molar-refractivity contribution in [2.75, 3.05) is 0 Å². The Morgan fingerprint density at radius 3 is 2.38 bits per heavy atom. The Labute approximate surface area is 130 Å². The van der Waals surface area contributed by atoms with E-state index < -0.39 is 11.2 Å². The normalized spacial score (nSPS) is 45.5. The predicted octanol–water partition coefficient (Wildman–Crippen LogP) is 4.31. The van der Waals surface area contributed by atoms with E-state index in [9.17, 15) is 10.2 Å². The van der Waals surface area contributed by atoms with Gasteiger partial charge in [-0.25, -0.2) is 0 Å². The first-order valence-electron chi connectivity index (χ1n) is 8.53. The van der Waals surface area contributed by atoms with Crippen LogP contribution in [0.1, 0.15) is 73.1 Å². The molecule has 0 heterocycles. The molecule has 0 aromatic carbocycles. The largest absolute Gasteiger partial charge is 0.390 e. The van der Waals surface area contributed by atoms with Gasteiger partial charge in [0.15, 0.2) is 0 Å². The smallest absolute Gasteiger partial charge is 0.0801 e. The van der Waals surface area contributed by atoms with Crippen LogP contribution in [0, 0.1) is 22.7 Å². The van der Waals surface area contributed by atoms with Gasteiger partial charge in [-0.1, -0.05) is 33.3 Å². The fourth-order valence-corrected chi connectivity index (χ4v) is 5.57. The number of hydrogen-bond donors (Lipinski definition) is 2. The lowest BCUT2D eigenvalue weighted by molar-refractivity contribution is -0.180. The van der Waals surface area contributed by atoms with Gasteiger partial charge in [0, 0.05) is 0 Å². The van der Waals surface area contributed by atoms with Crippen LogP contribution in [-0.2, 0) is 0 Å². The lowest BCUT2D eigenvalue weighted by Crippen LogP contribution is -2.58. The van der Waals surface area contributed by atoms with E-state index in [1.807, 2.05) is 13.8 Å². The summed E-state index contributed by atoms with van der Waals surface area (Å²) in [6.07, 6.45) is 7.84. The summed E-state index contributed by atoms with van der Waals surface area (Å²) >= 11 is 0. The molecule has 122 valence electrons. The molecule has 5 atom stereocenters. The van der Waals surface area contributed by atoms with Crippen LogP contribution in [0.4, 0.5) is 0 Å². The molecule has 0 bridgehead atoms. The fraction of sp³-hybridized carbons (Fsp3) is 0.895. The highest BCUT2D eigenvalue weighted by Gasteiger charge is 2.58. The van der Waals surface area contributed by atoms with Gasteiger partial charge in [-0.05, 0) is 68.6 Å². The zero-order valence-corrected chi connectivity index (χ0v) is 14.6. The third kappa shape index (κ3) is 2.94. The van der Waals surface area contributed by atoms with Crippen molar-refractivity contribution in [3.63, 3.8) is 0 Å². The molecule has 2 aliphatic rings. The van der Waals surface area contributed by atoms with Crippen LogP contribution in [0.15, 0.2) is 12.7 Å². The zero-order valence-electron chi connectivity index (χ0n) is 14.6. The number of rotatable bonds is 3. The molecular weight excluding hydrogens is 260 g/mol. The Balaban J connectivity index is 2.39. The van der Waals surface area contributed by atoms with Gasteiger partial charge in [0.2, 0.25) is 0 Å². The third-order valence-corrected chi connectivity index (χ3v) is 6.82. The van der Waals surface area contributed by atoms with Gasteiger partial charge in [0.05, 0.1) is 11.2 Å². The summed E-state index contributed by atoms with van der Waals surface area (Å²) in [6.45, 7) is 14.7. The number of fused-ring (bicyclic) bond motifs is 1. The summed E-state index contributed by atoms with van der Waals surface area (Å²) in [7, 11) is 0. The molecule has 0 amide bonds. The quantitative estimate of drug-likeness (QED) is 0.762. The van der Waals surface area contributed by atoms with Gasteiger partial charge in [0.1, 0.15) is 0 Å². The summed E-state index contributed by atoms with van der Waals surface area (Å²) in [5, 5.41) is 21.5. The summed E-state index contributed by atoms with van der Waals surface area (Å²) in [5.41, 5.74) is -1.15. The molecular formula is C19H34O2. The van der Waals surface area contributed by atoms with Crippen molar-refractivity contribution >= 4 is 0 Å². The minimum atomic E-state index is -0.902. The van der Waals surface area contributed by atoms with Crippen molar-refractivity contribution in [1.82, 2.24) is 0 Å². The Morgan fingerprint density at radius 2 is 1.81 bits per heavy atom. The molecule has 0 aromatic heterocycles. The summed E-state index contributed by atoms with van der Waals surface area (Å²) in [5.74, 6) is 0.751. The molecule has 0 spiro atoms. The Kier molecular flexibility index (Phi) is 4.13. The van der Waals surface area contributed by atoms with E-state index in [1.54, 1.807) is 6.08 Å². The summed E-state index contributed by atoms with van der Waals surface area (Å²) in [6, 6.07) is 0. The Morgan fingerprint density at radius 1 is 1.19 bits per heavy atom. The van der Waals surface area contributed by atoms with Crippen molar-refractivity contribution < 1.29 is 10.2 Å². The lowest BCUT2D eigenvalue weighted by atomic mass is 9.44. The Bertz CT molecular complexity index is 408. The van der Waals surface area contributed by atoms with Crippen molar-refractivity contribution in [1.29, 1.82) is 0 Å². The van der Waals surface area contributed by atoms with Crippen LogP contribution in [0.25, 0.3) is 0 Å². The van der Waals surface area contributed by atoms with Crippen LogP contribution in [0.2, 0.25) is 0 Å². The molecule has 2 heteroatoms. The Hall–Kier alpha value is -0.340. The van der Waals surface area contributed by atoms with Crippen molar-refractivity contribution in [3.8, 4) is 0 Å². The molecule has 0 radical (unpaired) electrons. The molecule has 2 aliphatic carbocycles. The lowest BCUT2D eigenvalue weighted by Gasteiger charge is -2.62. The van der Waals surface area contributed by atoms with Crippen LogP contribution in [0.5, 0.6) is 0 Å². The molecule has 2 rings (SSSR count). The monoisotopic (exact) mass is 294 g/mol. The second kappa shape index (κ2) is 5.09. The van der Waals surface area contributed by atoms with Crippen LogP contribution in [-0.4, -0.2) is 21.4 Å². The SMILES string of the molecule is C=C[C@@](C)(O)C[C@H]1[C@]2(C)CCCC(C)(C)[C@H]2CC[C@]1(C)O. The first-order valence-corrected chi connectivity index (χ1v) is 8.53. The van der Waals surface area contributed by atoms with Crippen LogP contribution < -0.4 is 0 Å². The van der Waals surface area contributed by atoms with Gasteiger partial charge in [-0.15, -0.1) is 6.58 Å². The van der Waals surface area contributed by atoms with E-state index in [-0.39, 0.29) is 11.3 Å². The maximum Gasteiger partial charge on any atom is 0.0801 e. The average Bonchev–Trinajstić information content (AvgIpc) is 2.33. The average molecular weight is 294 g/mol. The predicted molar refractivity (Wildman–Crippen MR) is 88.0 cm³/mol. The van der Waals surface area contributed by atoms with Crippen LogP contribution >= 0.6 is 0 Å². The van der Waals surface area contributed by atoms with Gasteiger partial charge in [-0.2, -0.15) is 0 Å². The van der Waals surface area contributed by atoms with E-state index in [4.69, 9.17) is 0 Å². The summed E-state index contributed by atoms with van der Waals surface area (Å²) in [4.78, 5) is 0. The first kappa shape index (κ1) is 17.0. The molecule has 0 aliphatic heterocycles. The zero-order chi connectivity index (χ0) is 16.1. The second-order valence-electron chi connectivity index (χ2n) is 9.11. The fourth-order valence-electron chi connectivity index (χ4n) is 5.57. The topological polar surface area (TPSA) is 40.5 Å². The first-order chi connectivity index (χ1) is 9.45.